The highest BCUT2D eigenvalue weighted by Crippen LogP contribution is 2.31. The lowest BCUT2D eigenvalue weighted by atomic mass is 10.2. The topological polar surface area (TPSA) is 129 Å². The zero-order valence-electron chi connectivity index (χ0n) is 19.1. The zero-order valence-corrected chi connectivity index (χ0v) is 20.0. The lowest BCUT2D eigenvalue weighted by Gasteiger charge is -2.15. The van der Waals surface area contributed by atoms with E-state index in [1.54, 1.807) is 29.1 Å². The molecule has 2 aromatic carbocycles. The third kappa shape index (κ3) is 5.80. The molecule has 0 saturated heterocycles. The molecule has 0 aliphatic heterocycles. The average Bonchev–Trinajstić information content (AvgIpc) is 3.55. The Bertz CT molecular complexity index is 1300. The first kappa shape index (κ1) is 24.3. The maximum Gasteiger partial charge on any atom is 0.340 e. The van der Waals surface area contributed by atoms with Crippen molar-refractivity contribution in [2.45, 2.75) is 36.6 Å². The quantitative estimate of drug-likeness (QED) is 0.431. The Morgan fingerprint density at radius 2 is 1.77 bits per heavy atom. The Labute approximate surface area is 203 Å². The molecule has 4 rings (SSSR count). The first-order valence-electron chi connectivity index (χ1n) is 11.1. The Hall–Kier alpha value is -3.86. The van der Waals surface area contributed by atoms with E-state index in [9.17, 15) is 18.0 Å². The van der Waals surface area contributed by atoms with Crippen molar-refractivity contribution in [2.75, 3.05) is 23.8 Å². The van der Waals surface area contributed by atoms with Crippen molar-refractivity contribution in [1.29, 1.82) is 0 Å². The van der Waals surface area contributed by atoms with Gasteiger partial charge in [0.1, 0.15) is 11.6 Å². The van der Waals surface area contributed by atoms with E-state index in [2.05, 4.69) is 15.1 Å². The number of hydrogen-bond acceptors (Lipinski definition) is 7. The minimum Gasteiger partial charge on any atom is -0.497 e. The molecule has 0 spiro atoms. The molecule has 2 N–H and O–H groups in total. The molecule has 35 heavy (non-hydrogen) atoms. The van der Waals surface area contributed by atoms with E-state index < -0.39 is 28.5 Å². The van der Waals surface area contributed by atoms with Crippen LogP contribution in [-0.4, -0.2) is 43.8 Å². The van der Waals surface area contributed by atoms with Crippen LogP contribution in [-0.2, 0) is 19.6 Å². The van der Waals surface area contributed by atoms with Crippen molar-refractivity contribution >= 4 is 33.4 Å². The van der Waals surface area contributed by atoms with Crippen LogP contribution in [0, 0.1) is 0 Å². The Morgan fingerprint density at radius 1 is 1.06 bits per heavy atom. The molecule has 0 unspecified atom stereocenters. The van der Waals surface area contributed by atoms with E-state index in [-0.39, 0.29) is 22.2 Å². The number of rotatable bonds is 9. The van der Waals surface area contributed by atoms with Crippen LogP contribution in [0.25, 0.3) is 0 Å². The third-order valence-electron chi connectivity index (χ3n) is 5.70. The number of carbonyl (C=O) groups excluding carboxylic acids is 2. The minimum atomic E-state index is -3.98. The zero-order chi connectivity index (χ0) is 24.8. The van der Waals surface area contributed by atoms with Gasteiger partial charge in [-0.2, -0.15) is 5.10 Å². The Morgan fingerprint density at radius 3 is 2.49 bits per heavy atom. The minimum absolute atomic E-state index is 0.000257. The van der Waals surface area contributed by atoms with E-state index in [0.29, 0.717) is 11.6 Å². The van der Waals surface area contributed by atoms with E-state index in [4.69, 9.17) is 9.47 Å². The second kappa shape index (κ2) is 10.6. The summed E-state index contributed by atoms with van der Waals surface area (Å²) in [5, 5.41) is 7.02. The number of anilines is 2. The van der Waals surface area contributed by atoms with Crippen molar-refractivity contribution < 1.29 is 27.5 Å². The lowest BCUT2D eigenvalue weighted by molar-refractivity contribution is -0.119. The molecule has 1 aromatic heterocycles. The molecule has 0 atom stereocenters. The van der Waals surface area contributed by atoms with E-state index in [0.717, 1.165) is 25.7 Å². The van der Waals surface area contributed by atoms with Crippen LogP contribution < -0.4 is 14.8 Å². The molecule has 1 fully saturated rings. The van der Waals surface area contributed by atoms with Gasteiger partial charge in [0.05, 0.1) is 35.5 Å². The van der Waals surface area contributed by atoms with Crippen LogP contribution in [0.3, 0.4) is 0 Å². The second-order valence-corrected chi connectivity index (χ2v) is 9.73. The number of hydrogen-bond donors (Lipinski definition) is 2. The smallest absolute Gasteiger partial charge is 0.340 e. The van der Waals surface area contributed by atoms with Crippen LogP contribution in [0.15, 0.2) is 65.7 Å². The number of esters is 1. The highest BCUT2D eigenvalue weighted by atomic mass is 32.2. The fourth-order valence-electron chi connectivity index (χ4n) is 3.95. The molecule has 1 amide bonds. The van der Waals surface area contributed by atoms with Crippen LogP contribution in [0.1, 0.15) is 42.1 Å². The fraction of sp³-hybridized carbons (Fsp3) is 0.292. The molecule has 10 nitrogen and oxygen atoms in total. The number of benzene rings is 2. The maximum absolute atomic E-state index is 12.8. The number of sulfonamides is 1. The van der Waals surface area contributed by atoms with Crippen LogP contribution in [0.5, 0.6) is 5.75 Å². The van der Waals surface area contributed by atoms with E-state index in [1.165, 1.54) is 43.5 Å². The summed E-state index contributed by atoms with van der Waals surface area (Å²) in [6, 6.07) is 13.8. The van der Waals surface area contributed by atoms with Gasteiger partial charge in [-0.15, -0.1) is 0 Å². The molecule has 1 heterocycles. The number of ether oxygens (including phenoxy) is 2. The molecule has 184 valence electrons. The van der Waals surface area contributed by atoms with Crippen molar-refractivity contribution in [3.05, 3.63) is 66.4 Å². The number of nitrogens with one attached hydrogen (secondary N) is 2. The van der Waals surface area contributed by atoms with Crippen molar-refractivity contribution in [1.82, 2.24) is 9.78 Å². The van der Waals surface area contributed by atoms with Gasteiger partial charge in [-0.05, 0) is 49.2 Å². The summed E-state index contributed by atoms with van der Waals surface area (Å²) in [4.78, 5) is 25.1. The summed E-state index contributed by atoms with van der Waals surface area (Å²) in [7, 11) is -2.50. The van der Waals surface area contributed by atoms with E-state index in [1.807, 2.05) is 0 Å². The van der Waals surface area contributed by atoms with E-state index >= 15 is 0 Å². The first-order chi connectivity index (χ1) is 16.9. The van der Waals surface area contributed by atoms with Gasteiger partial charge in [0, 0.05) is 6.07 Å². The fourth-order valence-corrected chi connectivity index (χ4v) is 5.03. The van der Waals surface area contributed by atoms with Crippen molar-refractivity contribution in [2.24, 2.45) is 0 Å². The average molecular weight is 499 g/mol. The standard InChI is InChI=1S/C24H26N4O6S/c1-33-18-10-12-19(13-11-18)35(31,32)27-21-9-5-4-8-20(21)24(30)34-16-23(29)26-22-14-15-25-28(22)17-6-2-3-7-17/h4-5,8-15,17,27H,2-3,6-7,16H2,1H3,(H,26,29). The van der Waals surface area contributed by atoms with Gasteiger partial charge in [-0.25, -0.2) is 17.9 Å². The number of para-hydroxylation sites is 1. The number of aromatic nitrogens is 2. The highest BCUT2D eigenvalue weighted by Gasteiger charge is 2.22. The summed E-state index contributed by atoms with van der Waals surface area (Å²) >= 11 is 0. The summed E-state index contributed by atoms with van der Waals surface area (Å²) in [5.74, 6) is -0.296. The number of carbonyl (C=O) groups is 2. The molecule has 1 saturated carbocycles. The summed E-state index contributed by atoms with van der Waals surface area (Å²) in [6.45, 7) is -0.533. The number of amides is 1. The van der Waals surface area contributed by atoms with Crippen LogP contribution in [0.2, 0.25) is 0 Å². The summed E-state index contributed by atoms with van der Waals surface area (Å²) in [6.07, 6.45) is 5.87. The predicted molar refractivity (Wildman–Crippen MR) is 129 cm³/mol. The normalized spacial score (nSPS) is 13.9. The third-order valence-corrected chi connectivity index (χ3v) is 7.09. The van der Waals surface area contributed by atoms with Gasteiger partial charge in [0.2, 0.25) is 0 Å². The molecular formula is C24H26N4O6S. The predicted octanol–water partition coefficient (Wildman–Crippen LogP) is 3.60. The summed E-state index contributed by atoms with van der Waals surface area (Å²) in [5.41, 5.74) is 0.0152. The summed E-state index contributed by atoms with van der Waals surface area (Å²) < 4.78 is 40.0. The molecule has 1 aliphatic carbocycles. The van der Waals surface area contributed by atoms with Gasteiger partial charge in [-0.3, -0.25) is 9.52 Å². The maximum atomic E-state index is 12.8. The number of methoxy groups -OCH3 is 1. The first-order valence-corrected chi connectivity index (χ1v) is 12.6. The molecule has 0 bridgehead atoms. The van der Waals surface area contributed by atoms with Gasteiger partial charge >= 0.3 is 5.97 Å². The largest absolute Gasteiger partial charge is 0.497 e. The van der Waals surface area contributed by atoms with Gasteiger partial charge < -0.3 is 14.8 Å². The number of nitrogens with zero attached hydrogens (tertiary/aromatic N) is 2. The highest BCUT2D eigenvalue weighted by molar-refractivity contribution is 7.92. The Kier molecular flexibility index (Phi) is 7.35. The van der Waals surface area contributed by atoms with Gasteiger partial charge in [0.15, 0.2) is 6.61 Å². The molecule has 1 aliphatic rings. The Balaban J connectivity index is 1.40. The van der Waals surface area contributed by atoms with Crippen molar-refractivity contribution in [3.8, 4) is 5.75 Å². The lowest BCUT2D eigenvalue weighted by Crippen LogP contribution is -2.24. The van der Waals surface area contributed by atoms with Gasteiger partial charge in [0.25, 0.3) is 15.9 Å². The molecule has 3 aromatic rings. The SMILES string of the molecule is COc1ccc(S(=O)(=O)Nc2ccccc2C(=O)OCC(=O)Nc2ccnn2C2CCCC2)cc1. The van der Waals surface area contributed by atoms with Crippen LogP contribution >= 0.6 is 0 Å². The monoisotopic (exact) mass is 498 g/mol. The van der Waals surface area contributed by atoms with Crippen molar-refractivity contribution in [3.63, 3.8) is 0 Å². The molecular weight excluding hydrogens is 472 g/mol. The molecule has 11 heteroatoms. The molecule has 0 radical (unpaired) electrons. The van der Waals surface area contributed by atoms with Crippen LogP contribution in [0.4, 0.5) is 11.5 Å². The second-order valence-electron chi connectivity index (χ2n) is 8.05. The van der Waals surface area contributed by atoms with Gasteiger partial charge in [-0.1, -0.05) is 25.0 Å².